The molecule has 0 saturated carbocycles. The molecule has 1 rings (SSSR count). The van der Waals surface area contributed by atoms with Crippen LogP contribution in [0, 0.1) is 5.92 Å². The van der Waals surface area contributed by atoms with E-state index in [1.807, 2.05) is 0 Å². The lowest BCUT2D eigenvalue weighted by Gasteiger charge is -2.06. The Hall–Kier alpha value is -0.230. The van der Waals surface area contributed by atoms with Crippen molar-refractivity contribution < 1.29 is 0 Å². The van der Waals surface area contributed by atoms with Gasteiger partial charge in [0.1, 0.15) is 0 Å². The maximum Gasteiger partial charge on any atom is 0.0289 e. The van der Waals surface area contributed by atoms with Gasteiger partial charge in [0, 0.05) is 5.88 Å². The predicted molar refractivity (Wildman–Crippen MR) is 37.1 cm³/mol. The SMILES string of the molecule is ClCC1C=CC=CC1. The van der Waals surface area contributed by atoms with Crippen molar-refractivity contribution in [1.82, 2.24) is 0 Å². The van der Waals surface area contributed by atoms with E-state index >= 15 is 0 Å². The largest absolute Gasteiger partial charge is 0.126 e. The minimum Gasteiger partial charge on any atom is -0.126 e. The molecule has 1 heteroatoms. The molecule has 8 heavy (non-hydrogen) atoms. The Bertz CT molecular complexity index is 114. The first-order valence-electron chi connectivity index (χ1n) is 2.83. The van der Waals surface area contributed by atoms with E-state index in [0.29, 0.717) is 5.92 Å². The molecular weight excluding hydrogens is 120 g/mol. The van der Waals surface area contributed by atoms with Gasteiger partial charge in [-0.25, -0.2) is 0 Å². The van der Waals surface area contributed by atoms with Crippen molar-refractivity contribution >= 4 is 11.6 Å². The van der Waals surface area contributed by atoms with E-state index in [4.69, 9.17) is 11.6 Å². The van der Waals surface area contributed by atoms with Crippen LogP contribution < -0.4 is 0 Å². The van der Waals surface area contributed by atoms with Crippen LogP contribution in [-0.4, -0.2) is 5.88 Å². The van der Waals surface area contributed by atoms with Crippen LogP contribution in [0.15, 0.2) is 24.3 Å². The summed E-state index contributed by atoms with van der Waals surface area (Å²) in [7, 11) is 0. The second kappa shape index (κ2) is 2.93. The van der Waals surface area contributed by atoms with Crippen molar-refractivity contribution in [2.45, 2.75) is 6.42 Å². The van der Waals surface area contributed by atoms with Gasteiger partial charge in [-0.2, -0.15) is 0 Å². The van der Waals surface area contributed by atoms with Crippen molar-refractivity contribution in [3.05, 3.63) is 24.3 Å². The summed E-state index contributed by atoms with van der Waals surface area (Å²) in [5.74, 6) is 1.34. The van der Waals surface area contributed by atoms with Crippen molar-refractivity contribution in [2.75, 3.05) is 5.88 Å². The third-order valence-corrected chi connectivity index (χ3v) is 1.66. The molecule has 0 spiro atoms. The molecule has 0 aliphatic heterocycles. The fourth-order valence-corrected chi connectivity index (χ4v) is 0.975. The number of halogens is 1. The summed E-state index contributed by atoms with van der Waals surface area (Å²) in [5.41, 5.74) is 0. The summed E-state index contributed by atoms with van der Waals surface area (Å²) < 4.78 is 0. The van der Waals surface area contributed by atoms with Crippen LogP contribution in [0.25, 0.3) is 0 Å². The third kappa shape index (κ3) is 1.38. The monoisotopic (exact) mass is 128 g/mol. The van der Waals surface area contributed by atoms with E-state index in [-0.39, 0.29) is 0 Å². The highest BCUT2D eigenvalue weighted by Gasteiger charge is 2.00. The van der Waals surface area contributed by atoms with Gasteiger partial charge < -0.3 is 0 Å². The molecule has 0 aromatic heterocycles. The van der Waals surface area contributed by atoms with Crippen LogP contribution in [0.5, 0.6) is 0 Å². The zero-order valence-corrected chi connectivity index (χ0v) is 5.43. The fourth-order valence-electron chi connectivity index (χ4n) is 0.746. The maximum atomic E-state index is 5.60. The average molecular weight is 129 g/mol. The molecule has 1 atom stereocenters. The first-order valence-corrected chi connectivity index (χ1v) is 3.36. The first kappa shape index (κ1) is 5.90. The molecule has 1 aliphatic carbocycles. The van der Waals surface area contributed by atoms with Gasteiger partial charge >= 0.3 is 0 Å². The molecule has 0 aromatic rings. The van der Waals surface area contributed by atoms with Gasteiger partial charge in [-0.15, -0.1) is 11.6 Å². The minimum absolute atomic E-state index is 0.585. The topological polar surface area (TPSA) is 0 Å². The third-order valence-electron chi connectivity index (χ3n) is 1.27. The van der Waals surface area contributed by atoms with E-state index < -0.39 is 0 Å². The van der Waals surface area contributed by atoms with Gasteiger partial charge in [-0.1, -0.05) is 24.3 Å². The van der Waals surface area contributed by atoms with Crippen molar-refractivity contribution in [1.29, 1.82) is 0 Å². The van der Waals surface area contributed by atoms with Crippen molar-refractivity contribution in [3.63, 3.8) is 0 Å². The molecule has 0 fully saturated rings. The van der Waals surface area contributed by atoms with Crippen LogP contribution in [0.1, 0.15) is 6.42 Å². The molecule has 1 unspecified atom stereocenters. The van der Waals surface area contributed by atoms with Gasteiger partial charge in [-0.3, -0.25) is 0 Å². The highest BCUT2D eigenvalue weighted by atomic mass is 35.5. The molecule has 1 aliphatic rings. The van der Waals surface area contributed by atoms with Crippen molar-refractivity contribution in [3.8, 4) is 0 Å². The van der Waals surface area contributed by atoms with E-state index in [2.05, 4.69) is 24.3 Å². The highest BCUT2D eigenvalue weighted by molar-refractivity contribution is 6.18. The van der Waals surface area contributed by atoms with E-state index in [1.54, 1.807) is 0 Å². The van der Waals surface area contributed by atoms with Crippen LogP contribution in [0.2, 0.25) is 0 Å². The predicted octanol–water partition coefficient (Wildman–Crippen LogP) is 2.36. The Kier molecular flexibility index (Phi) is 2.16. The van der Waals surface area contributed by atoms with E-state index in [1.165, 1.54) is 0 Å². The van der Waals surface area contributed by atoms with E-state index in [9.17, 15) is 0 Å². The van der Waals surface area contributed by atoms with Gasteiger partial charge in [0.05, 0.1) is 0 Å². The summed E-state index contributed by atoms with van der Waals surface area (Å²) in [4.78, 5) is 0. The van der Waals surface area contributed by atoms with Crippen molar-refractivity contribution in [2.24, 2.45) is 5.92 Å². The molecule has 0 radical (unpaired) electrons. The Balaban J connectivity index is 2.40. The highest BCUT2D eigenvalue weighted by Crippen LogP contribution is 2.11. The number of hydrogen-bond acceptors (Lipinski definition) is 0. The second-order valence-electron chi connectivity index (χ2n) is 1.96. The van der Waals surface area contributed by atoms with Gasteiger partial charge in [0.2, 0.25) is 0 Å². The molecule has 0 heterocycles. The summed E-state index contributed by atoms with van der Waals surface area (Å²) in [6.07, 6.45) is 9.51. The lowest BCUT2D eigenvalue weighted by molar-refractivity contribution is 0.745. The Morgan fingerprint density at radius 2 is 2.38 bits per heavy atom. The number of allylic oxidation sites excluding steroid dienone is 4. The Labute approximate surface area is 54.8 Å². The molecule has 44 valence electrons. The summed E-state index contributed by atoms with van der Waals surface area (Å²) in [6, 6.07) is 0. The molecule has 0 bridgehead atoms. The lowest BCUT2D eigenvalue weighted by atomic mass is 10.0. The Morgan fingerprint density at radius 1 is 1.50 bits per heavy atom. The molecule has 0 nitrogen and oxygen atoms in total. The first-order chi connectivity index (χ1) is 3.93. The molecule has 0 N–H and O–H groups in total. The maximum absolute atomic E-state index is 5.60. The Morgan fingerprint density at radius 3 is 2.75 bits per heavy atom. The lowest BCUT2D eigenvalue weighted by Crippen LogP contribution is -1.97. The normalized spacial score (nSPS) is 26.4. The number of alkyl halides is 1. The minimum atomic E-state index is 0.585. The molecule has 0 amide bonds. The van der Waals surface area contributed by atoms with E-state index in [0.717, 1.165) is 12.3 Å². The van der Waals surface area contributed by atoms with Crippen LogP contribution in [-0.2, 0) is 0 Å². The van der Waals surface area contributed by atoms with Gasteiger partial charge in [0.15, 0.2) is 0 Å². The van der Waals surface area contributed by atoms with Crippen LogP contribution in [0.4, 0.5) is 0 Å². The quantitative estimate of drug-likeness (QED) is 0.476. The zero-order valence-electron chi connectivity index (χ0n) is 4.68. The second-order valence-corrected chi connectivity index (χ2v) is 2.27. The number of hydrogen-bond donors (Lipinski definition) is 0. The summed E-state index contributed by atoms with van der Waals surface area (Å²) in [6.45, 7) is 0. The van der Waals surface area contributed by atoms with Crippen LogP contribution >= 0.6 is 11.6 Å². The molecule has 0 aromatic carbocycles. The van der Waals surface area contributed by atoms with Gasteiger partial charge in [0.25, 0.3) is 0 Å². The zero-order chi connectivity index (χ0) is 5.82. The average Bonchev–Trinajstić information content (AvgIpc) is 1.90. The van der Waals surface area contributed by atoms with Crippen LogP contribution in [0.3, 0.4) is 0 Å². The fraction of sp³-hybridized carbons (Fsp3) is 0.429. The standard InChI is InChI=1S/C7H9Cl/c8-6-7-4-2-1-3-5-7/h1-4,7H,5-6H2. The molecule has 0 saturated heterocycles. The summed E-state index contributed by atoms with van der Waals surface area (Å²) >= 11 is 5.60. The summed E-state index contributed by atoms with van der Waals surface area (Å²) in [5, 5.41) is 0. The molecular formula is C7H9Cl. The smallest absolute Gasteiger partial charge is 0.0289 e. The number of rotatable bonds is 1. The van der Waals surface area contributed by atoms with Gasteiger partial charge in [-0.05, 0) is 12.3 Å².